The maximum Gasteiger partial charge on any atom is 0.257 e. The molecule has 0 aliphatic carbocycles. The van der Waals surface area contributed by atoms with Crippen LogP contribution in [0, 0.1) is 0 Å². The van der Waals surface area contributed by atoms with Gasteiger partial charge < -0.3 is 22.5 Å². The van der Waals surface area contributed by atoms with Crippen LogP contribution in [0.15, 0.2) is 47.5 Å². The maximum atomic E-state index is 12.6. The van der Waals surface area contributed by atoms with Gasteiger partial charge in [0.15, 0.2) is 5.96 Å². The molecule has 2 rings (SSSR count). The third-order valence-corrected chi connectivity index (χ3v) is 4.24. The third kappa shape index (κ3) is 6.58. The van der Waals surface area contributed by atoms with Gasteiger partial charge in [0, 0.05) is 12.1 Å². The normalized spacial score (nSPS) is 12.6. The number of carbonyl (C=O) groups is 3. The lowest BCUT2D eigenvalue weighted by atomic mass is 10.1. The second kappa shape index (κ2) is 10.2. The lowest BCUT2D eigenvalue weighted by Crippen LogP contribution is -2.52. The van der Waals surface area contributed by atoms with Gasteiger partial charge in [-0.1, -0.05) is 30.3 Å². The van der Waals surface area contributed by atoms with E-state index in [1.807, 2.05) is 24.3 Å². The predicted molar refractivity (Wildman–Crippen MR) is 112 cm³/mol. The Bertz CT molecular complexity index is 921. The summed E-state index contributed by atoms with van der Waals surface area (Å²) < 4.78 is 0. The number of guanidine groups is 1. The van der Waals surface area contributed by atoms with Crippen LogP contribution in [0.1, 0.15) is 30.1 Å². The molecule has 29 heavy (non-hydrogen) atoms. The van der Waals surface area contributed by atoms with Crippen molar-refractivity contribution in [3.05, 3.63) is 48.0 Å². The summed E-state index contributed by atoms with van der Waals surface area (Å²) in [6.07, 6.45) is 0.672. The SMILES string of the molecule is C[C@H](N)C(=O)N[C@@H](CCCN=C(N)N)C(=O)NC(=O)c1ccc2ccccc2c1. The lowest BCUT2D eigenvalue weighted by molar-refractivity contribution is -0.129. The standard InChI is InChI=1S/C20H26N6O3/c1-12(21)17(27)25-16(7-4-10-24-20(22)23)19(29)26-18(28)15-9-8-13-5-2-3-6-14(13)11-15/h2-3,5-6,8-9,11-12,16H,4,7,10,21H2,1H3,(H,25,27)(H4,22,23,24)(H,26,28,29)/t12-,16-/m0/s1. The Labute approximate surface area is 168 Å². The first kappa shape index (κ1) is 21.8. The van der Waals surface area contributed by atoms with E-state index in [0.717, 1.165) is 10.8 Å². The Balaban J connectivity index is 2.07. The van der Waals surface area contributed by atoms with Gasteiger partial charge in [-0.15, -0.1) is 0 Å². The number of fused-ring (bicyclic) bond motifs is 1. The summed E-state index contributed by atoms with van der Waals surface area (Å²) in [6.45, 7) is 1.79. The zero-order valence-electron chi connectivity index (χ0n) is 16.2. The number of rotatable bonds is 8. The van der Waals surface area contributed by atoms with Crippen LogP contribution in [0.5, 0.6) is 0 Å². The number of nitrogens with two attached hydrogens (primary N) is 3. The molecule has 2 aromatic rings. The second-order valence-electron chi connectivity index (χ2n) is 6.68. The Morgan fingerprint density at radius 1 is 1.03 bits per heavy atom. The number of hydrogen-bond donors (Lipinski definition) is 5. The van der Waals surface area contributed by atoms with Gasteiger partial charge >= 0.3 is 0 Å². The van der Waals surface area contributed by atoms with E-state index in [9.17, 15) is 14.4 Å². The fourth-order valence-corrected chi connectivity index (χ4v) is 2.68. The summed E-state index contributed by atoms with van der Waals surface area (Å²) >= 11 is 0. The number of carbonyl (C=O) groups excluding carboxylic acids is 3. The molecule has 2 aromatic carbocycles. The number of imide groups is 1. The average molecular weight is 398 g/mol. The van der Waals surface area contributed by atoms with Crippen LogP contribution in [-0.2, 0) is 9.59 Å². The molecule has 0 aliphatic rings. The second-order valence-corrected chi connectivity index (χ2v) is 6.68. The zero-order valence-corrected chi connectivity index (χ0v) is 16.2. The third-order valence-electron chi connectivity index (χ3n) is 4.24. The molecular weight excluding hydrogens is 372 g/mol. The van der Waals surface area contributed by atoms with Gasteiger partial charge in [-0.2, -0.15) is 0 Å². The molecule has 154 valence electrons. The molecule has 0 radical (unpaired) electrons. The molecule has 0 bridgehead atoms. The number of amides is 3. The highest BCUT2D eigenvalue weighted by Gasteiger charge is 2.24. The van der Waals surface area contributed by atoms with E-state index in [-0.39, 0.29) is 12.4 Å². The average Bonchev–Trinajstić information content (AvgIpc) is 2.69. The van der Waals surface area contributed by atoms with E-state index in [1.165, 1.54) is 6.92 Å². The summed E-state index contributed by atoms with van der Waals surface area (Å²) in [5, 5.41) is 6.75. The predicted octanol–water partition coefficient (Wildman–Crippen LogP) is -0.0182. The van der Waals surface area contributed by atoms with Gasteiger partial charge in [0.1, 0.15) is 6.04 Å². The quantitative estimate of drug-likeness (QED) is 0.238. The smallest absolute Gasteiger partial charge is 0.257 e. The number of nitrogens with one attached hydrogen (secondary N) is 2. The molecule has 0 aliphatic heterocycles. The van der Waals surface area contributed by atoms with Gasteiger partial charge in [0.25, 0.3) is 5.91 Å². The molecule has 0 saturated heterocycles. The maximum absolute atomic E-state index is 12.6. The fourth-order valence-electron chi connectivity index (χ4n) is 2.68. The number of hydrogen-bond acceptors (Lipinski definition) is 5. The van der Waals surface area contributed by atoms with Gasteiger partial charge in [-0.3, -0.25) is 24.7 Å². The van der Waals surface area contributed by atoms with Crippen molar-refractivity contribution in [3.63, 3.8) is 0 Å². The number of aliphatic imine (C=N–C) groups is 1. The summed E-state index contributed by atoms with van der Waals surface area (Å²) in [4.78, 5) is 40.9. The molecule has 0 fully saturated rings. The molecule has 0 spiro atoms. The van der Waals surface area contributed by atoms with Crippen molar-refractivity contribution in [3.8, 4) is 0 Å². The van der Waals surface area contributed by atoms with Crippen LogP contribution in [0.2, 0.25) is 0 Å². The first-order valence-corrected chi connectivity index (χ1v) is 9.23. The highest BCUT2D eigenvalue weighted by molar-refractivity contribution is 6.08. The van der Waals surface area contributed by atoms with E-state index in [2.05, 4.69) is 15.6 Å². The highest BCUT2D eigenvalue weighted by Crippen LogP contribution is 2.15. The van der Waals surface area contributed by atoms with E-state index in [1.54, 1.807) is 18.2 Å². The molecule has 9 heteroatoms. The van der Waals surface area contributed by atoms with Crippen LogP contribution in [-0.4, -0.2) is 42.3 Å². The minimum Gasteiger partial charge on any atom is -0.370 e. The van der Waals surface area contributed by atoms with Crippen molar-refractivity contribution < 1.29 is 14.4 Å². The highest BCUT2D eigenvalue weighted by atomic mass is 16.2. The minimum absolute atomic E-state index is 0.0582. The molecule has 9 nitrogen and oxygen atoms in total. The van der Waals surface area contributed by atoms with E-state index < -0.39 is 29.8 Å². The monoisotopic (exact) mass is 398 g/mol. The van der Waals surface area contributed by atoms with Crippen LogP contribution >= 0.6 is 0 Å². The molecule has 0 heterocycles. The molecule has 3 amide bonds. The van der Waals surface area contributed by atoms with Crippen LogP contribution in [0.25, 0.3) is 10.8 Å². The topological polar surface area (TPSA) is 166 Å². The first-order chi connectivity index (χ1) is 13.8. The van der Waals surface area contributed by atoms with Crippen molar-refractivity contribution in [2.24, 2.45) is 22.2 Å². The Morgan fingerprint density at radius 2 is 1.72 bits per heavy atom. The van der Waals surface area contributed by atoms with E-state index >= 15 is 0 Å². The van der Waals surface area contributed by atoms with Crippen molar-refractivity contribution in [2.75, 3.05) is 6.54 Å². The molecule has 2 atom stereocenters. The van der Waals surface area contributed by atoms with Crippen LogP contribution in [0.4, 0.5) is 0 Å². The van der Waals surface area contributed by atoms with Crippen molar-refractivity contribution in [2.45, 2.75) is 31.8 Å². The molecule has 0 unspecified atom stereocenters. The van der Waals surface area contributed by atoms with Crippen molar-refractivity contribution in [1.82, 2.24) is 10.6 Å². The summed E-state index contributed by atoms with van der Waals surface area (Å²) in [7, 11) is 0. The molecular formula is C20H26N6O3. The van der Waals surface area contributed by atoms with Crippen LogP contribution < -0.4 is 27.8 Å². The lowest BCUT2D eigenvalue weighted by Gasteiger charge is -2.19. The number of benzene rings is 2. The van der Waals surface area contributed by atoms with Gasteiger partial charge in [0.05, 0.1) is 6.04 Å². The summed E-state index contributed by atoms with van der Waals surface area (Å²) in [5.41, 5.74) is 16.5. The van der Waals surface area contributed by atoms with Gasteiger partial charge in [-0.05, 0) is 42.7 Å². The van der Waals surface area contributed by atoms with E-state index in [0.29, 0.717) is 18.5 Å². The van der Waals surface area contributed by atoms with E-state index in [4.69, 9.17) is 17.2 Å². The molecule has 0 saturated carbocycles. The molecule has 8 N–H and O–H groups in total. The van der Waals surface area contributed by atoms with Crippen LogP contribution in [0.3, 0.4) is 0 Å². The van der Waals surface area contributed by atoms with Gasteiger partial charge in [-0.25, -0.2) is 0 Å². The molecule has 0 aromatic heterocycles. The first-order valence-electron chi connectivity index (χ1n) is 9.23. The number of nitrogens with zero attached hydrogens (tertiary/aromatic N) is 1. The Morgan fingerprint density at radius 3 is 2.38 bits per heavy atom. The van der Waals surface area contributed by atoms with Gasteiger partial charge in [0.2, 0.25) is 11.8 Å². The minimum atomic E-state index is -0.938. The van der Waals surface area contributed by atoms with Crippen molar-refractivity contribution >= 4 is 34.5 Å². The largest absolute Gasteiger partial charge is 0.370 e. The Hall–Kier alpha value is -3.46. The van der Waals surface area contributed by atoms with Crippen molar-refractivity contribution in [1.29, 1.82) is 0 Å². The summed E-state index contributed by atoms with van der Waals surface area (Å²) in [6, 6.07) is 11.0. The summed E-state index contributed by atoms with van der Waals surface area (Å²) in [5.74, 6) is -1.73. The zero-order chi connectivity index (χ0) is 21.4. The Kier molecular flexibility index (Phi) is 7.67. The fraction of sp³-hybridized carbons (Fsp3) is 0.300.